The number of piperazine rings is 1. The van der Waals surface area contributed by atoms with Gasteiger partial charge in [-0.05, 0) is 26.4 Å². The van der Waals surface area contributed by atoms with Gasteiger partial charge < -0.3 is 10.2 Å². The molecule has 0 aliphatic carbocycles. The van der Waals surface area contributed by atoms with E-state index in [0.717, 1.165) is 26.2 Å². The molecule has 2 aliphatic heterocycles. The Bertz CT molecular complexity index is 241. The third-order valence-corrected chi connectivity index (χ3v) is 3.53. The van der Waals surface area contributed by atoms with Crippen molar-refractivity contribution in [2.45, 2.75) is 25.3 Å². The Balaban J connectivity index is 0.00000128. The summed E-state index contributed by atoms with van der Waals surface area (Å²) in [4.78, 5) is 16.4. The lowest BCUT2D eigenvalue weighted by Gasteiger charge is -2.37. The van der Waals surface area contributed by atoms with E-state index < -0.39 is 0 Å². The van der Waals surface area contributed by atoms with Gasteiger partial charge in [0.2, 0.25) is 5.91 Å². The van der Waals surface area contributed by atoms with Crippen LogP contribution in [0.3, 0.4) is 0 Å². The van der Waals surface area contributed by atoms with Gasteiger partial charge in [0.05, 0.1) is 0 Å². The molecule has 2 fully saturated rings. The SMILES string of the molecule is CNCCC(=O)N1CCN2CCCC2C1.Cl.Cl. The maximum Gasteiger partial charge on any atom is 0.223 e. The number of hydrogen-bond donors (Lipinski definition) is 1. The summed E-state index contributed by atoms with van der Waals surface area (Å²) in [5.41, 5.74) is 0. The predicted molar refractivity (Wildman–Crippen MR) is 74.2 cm³/mol. The third-order valence-electron chi connectivity index (χ3n) is 3.53. The average Bonchev–Trinajstić information content (AvgIpc) is 2.72. The van der Waals surface area contributed by atoms with Crippen LogP contribution in [0, 0.1) is 0 Å². The number of rotatable bonds is 3. The predicted octanol–water partition coefficient (Wildman–Crippen LogP) is 0.746. The van der Waals surface area contributed by atoms with Gasteiger partial charge in [0.15, 0.2) is 0 Å². The largest absolute Gasteiger partial charge is 0.340 e. The zero-order chi connectivity index (χ0) is 10.7. The molecule has 4 nitrogen and oxygen atoms in total. The first-order valence-electron chi connectivity index (χ1n) is 5.97. The molecule has 2 rings (SSSR count). The lowest BCUT2D eigenvalue weighted by molar-refractivity contribution is -0.133. The van der Waals surface area contributed by atoms with Gasteiger partial charge >= 0.3 is 0 Å². The highest BCUT2D eigenvalue weighted by Crippen LogP contribution is 2.21. The fourth-order valence-corrected chi connectivity index (χ4v) is 2.61. The van der Waals surface area contributed by atoms with Crippen LogP contribution in [0.15, 0.2) is 0 Å². The van der Waals surface area contributed by atoms with E-state index in [0.29, 0.717) is 18.4 Å². The first kappa shape index (κ1) is 17.0. The molecule has 17 heavy (non-hydrogen) atoms. The van der Waals surface area contributed by atoms with Crippen LogP contribution in [0.1, 0.15) is 19.3 Å². The molecular formula is C11H23Cl2N3O. The molecule has 0 radical (unpaired) electrons. The second kappa shape index (κ2) is 8.14. The normalized spacial score (nSPS) is 23.6. The quantitative estimate of drug-likeness (QED) is 0.830. The van der Waals surface area contributed by atoms with Crippen molar-refractivity contribution in [2.24, 2.45) is 0 Å². The zero-order valence-electron chi connectivity index (χ0n) is 10.4. The molecule has 0 saturated carbocycles. The van der Waals surface area contributed by atoms with E-state index in [4.69, 9.17) is 0 Å². The molecule has 0 aromatic carbocycles. The summed E-state index contributed by atoms with van der Waals surface area (Å²) >= 11 is 0. The Morgan fingerprint density at radius 3 is 2.76 bits per heavy atom. The lowest BCUT2D eigenvalue weighted by Crippen LogP contribution is -2.52. The Morgan fingerprint density at radius 1 is 1.29 bits per heavy atom. The van der Waals surface area contributed by atoms with Gasteiger partial charge in [-0.3, -0.25) is 9.69 Å². The molecule has 1 unspecified atom stereocenters. The highest BCUT2D eigenvalue weighted by atomic mass is 35.5. The number of hydrogen-bond acceptors (Lipinski definition) is 3. The molecule has 2 heterocycles. The molecule has 1 N–H and O–H groups in total. The minimum atomic E-state index is 0. The van der Waals surface area contributed by atoms with Crippen LogP contribution in [-0.4, -0.2) is 61.5 Å². The Labute approximate surface area is 116 Å². The second-order valence-corrected chi connectivity index (χ2v) is 4.53. The molecular weight excluding hydrogens is 261 g/mol. The number of nitrogens with one attached hydrogen (secondary N) is 1. The van der Waals surface area contributed by atoms with E-state index >= 15 is 0 Å². The monoisotopic (exact) mass is 283 g/mol. The molecule has 0 aromatic heterocycles. The van der Waals surface area contributed by atoms with Crippen molar-refractivity contribution in [3.05, 3.63) is 0 Å². The smallest absolute Gasteiger partial charge is 0.223 e. The van der Waals surface area contributed by atoms with Crippen molar-refractivity contribution < 1.29 is 4.79 Å². The van der Waals surface area contributed by atoms with Gasteiger partial charge in [-0.1, -0.05) is 0 Å². The highest BCUT2D eigenvalue weighted by Gasteiger charge is 2.31. The van der Waals surface area contributed by atoms with Gasteiger partial charge in [0.25, 0.3) is 0 Å². The summed E-state index contributed by atoms with van der Waals surface area (Å²) in [5.74, 6) is 0.316. The van der Waals surface area contributed by atoms with Crippen molar-refractivity contribution in [2.75, 3.05) is 39.8 Å². The number of fused-ring (bicyclic) bond motifs is 1. The molecule has 1 atom stereocenters. The maximum atomic E-state index is 11.8. The van der Waals surface area contributed by atoms with Gasteiger partial charge in [0, 0.05) is 38.6 Å². The average molecular weight is 284 g/mol. The van der Waals surface area contributed by atoms with Gasteiger partial charge in [-0.15, -0.1) is 24.8 Å². The number of carbonyl (C=O) groups excluding carboxylic acids is 1. The van der Waals surface area contributed by atoms with E-state index in [-0.39, 0.29) is 24.8 Å². The molecule has 1 amide bonds. The fraction of sp³-hybridized carbons (Fsp3) is 0.909. The van der Waals surface area contributed by atoms with E-state index in [1.165, 1.54) is 19.4 Å². The first-order valence-corrected chi connectivity index (χ1v) is 5.97. The third kappa shape index (κ3) is 4.28. The maximum absolute atomic E-state index is 11.8. The topological polar surface area (TPSA) is 35.6 Å². The Hall–Kier alpha value is -0.0300. The Kier molecular flexibility index (Phi) is 8.12. The van der Waals surface area contributed by atoms with Crippen LogP contribution < -0.4 is 5.32 Å². The van der Waals surface area contributed by atoms with Crippen LogP contribution in [0.4, 0.5) is 0 Å². The summed E-state index contributed by atoms with van der Waals surface area (Å²) in [5, 5.41) is 3.03. The summed E-state index contributed by atoms with van der Waals surface area (Å²) in [7, 11) is 1.89. The number of carbonyl (C=O) groups is 1. The van der Waals surface area contributed by atoms with Crippen LogP contribution in [0.5, 0.6) is 0 Å². The molecule has 0 spiro atoms. The van der Waals surface area contributed by atoms with Gasteiger partial charge in [0.1, 0.15) is 0 Å². The van der Waals surface area contributed by atoms with Crippen molar-refractivity contribution in [1.29, 1.82) is 0 Å². The molecule has 2 aliphatic rings. The lowest BCUT2D eigenvalue weighted by atomic mass is 10.1. The summed E-state index contributed by atoms with van der Waals surface area (Å²) in [6.07, 6.45) is 3.22. The highest BCUT2D eigenvalue weighted by molar-refractivity contribution is 5.85. The summed E-state index contributed by atoms with van der Waals surface area (Å²) in [6.45, 7) is 5.00. The first-order chi connectivity index (χ1) is 7.31. The van der Waals surface area contributed by atoms with Gasteiger partial charge in [-0.25, -0.2) is 0 Å². The van der Waals surface area contributed by atoms with E-state index in [2.05, 4.69) is 10.2 Å². The minimum Gasteiger partial charge on any atom is -0.340 e. The molecule has 2 saturated heterocycles. The second-order valence-electron chi connectivity index (χ2n) is 4.53. The summed E-state index contributed by atoms with van der Waals surface area (Å²) in [6, 6.07) is 0.650. The van der Waals surface area contributed by atoms with E-state index in [1.54, 1.807) is 0 Å². The van der Waals surface area contributed by atoms with Crippen LogP contribution >= 0.6 is 24.8 Å². The fourth-order valence-electron chi connectivity index (χ4n) is 2.61. The van der Waals surface area contributed by atoms with Gasteiger partial charge in [-0.2, -0.15) is 0 Å². The molecule has 6 heteroatoms. The number of nitrogens with zero attached hydrogens (tertiary/aromatic N) is 2. The summed E-state index contributed by atoms with van der Waals surface area (Å²) < 4.78 is 0. The molecule has 0 aromatic rings. The van der Waals surface area contributed by atoms with Crippen molar-refractivity contribution in [1.82, 2.24) is 15.1 Å². The number of halogens is 2. The Morgan fingerprint density at radius 2 is 2.06 bits per heavy atom. The number of amides is 1. The van der Waals surface area contributed by atoms with Crippen molar-refractivity contribution >= 4 is 30.7 Å². The van der Waals surface area contributed by atoms with Crippen LogP contribution in [-0.2, 0) is 4.79 Å². The molecule has 102 valence electrons. The standard InChI is InChI=1S/C11H21N3O.2ClH/c1-12-5-4-11(15)14-8-7-13-6-2-3-10(13)9-14;;/h10,12H,2-9H2,1H3;2*1H. The van der Waals surface area contributed by atoms with Crippen molar-refractivity contribution in [3.8, 4) is 0 Å². The minimum absolute atomic E-state index is 0. The van der Waals surface area contributed by atoms with Crippen LogP contribution in [0.25, 0.3) is 0 Å². The molecule has 0 bridgehead atoms. The van der Waals surface area contributed by atoms with E-state index in [1.807, 2.05) is 11.9 Å². The zero-order valence-corrected chi connectivity index (χ0v) is 12.0. The van der Waals surface area contributed by atoms with Crippen molar-refractivity contribution in [3.63, 3.8) is 0 Å². The van der Waals surface area contributed by atoms with E-state index in [9.17, 15) is 4.79 Å². The van der Waals surface area contributed by atoms with Crippen LogP contribution in [0.2, 0.25) is 0 Å².